The quantitative estimate of drug-likeness (QED) is 0.541. The number of benzene rings is 2. The molecular weight excluding hydrogens is 397 g/mol. The molecule has 0 radical (unpaired) electrons. The number of amides is 1. The summed E-state index contributed by atoms with van der Waals surface area (Å²) in [6, 6.07) is 13.1. The highest BCUT2D eigenvalue weighted by molar-refractivity contribution is 8.00. The average molecular weight is 417 g/mol. The summed E-state index contributed by atoms with van der Waals surface area (Å²) < 4.78 is 29.9. The van der Waals surface area contributed by atoms with E-state index in [1.165, 1.54) is 12.1 Å². The van der Waals surface area contributed by atoms with E-state index in [9.17, 15) is 9.18 Å². The predicted octanol–water partition coefficient (Wildman–Crippen LogP) is 4.48. The minimum absolute atomic E-state index is 0.0969. The first kappa shape index (κ1) is 20.7. The second-order valence-corrected chi connectivity index (χ2v) is 7.37. The molecule has 1 heterocycles. The lowest BCUT2D eigenvalue weighted by atomic mass is 10.3. The molecule has 29 heavy (non-hydrogen) atoms. The Morgan fingerprint density at radius 2 is 1.86 bits per heavy atom. The highest BCUT2D eigenvalue weighted by atomic mass is 32.2. The fraction of sp³-hybridized carbons (Fsp3) is 0.250. The number of hydrogen-bond donors (Lipinski definition) is 1. The minimum atomic E-state index is -0.641. The van der Waals surface area contributed by atoms with Gasteiger partial charge in [0.2, 0.25) is 5.91 Å². The zero-order chi connectivity index (χ0) is 20.8. The van der Waals surface area contributed by atoms with Gasteiger partial charge in [-0.15, -0.1) is 10.2 Å². The molecule has 9 heteroatoms. The van der Waals surface area contributed by atoms with Crippen LogP contribution in [0, 0.1) is 5.82 Å². The van der Waals surface area contributed by atoms with Gasteiger partial charge in [-0.05, 0) is 50.2 Å². The van der Waals surface area contributed by atoms with E-state index in [2.05, 4.69) is 15.5 Å². The number of thioether (sulfide) groups is 1. The summed E-state index contributed by atoms with van der Waals surface area (Å²) in [5.74, 6) is 0.307. The van der Waals surface area contributed by atoms with Crippen LogP contribution in [0.1, 0.15) is 25.8 Å². The largest absolute Gasteiger partial charge is 0.497 e. The van der Waals surface area contributed by atoms with Crippen LogP contribution in [0.4, 0.5) is 10.1 Å². The molecular formula is C20H20FN3O4S. The third-order valence-corrected chi connectivity index (χ3v) is 4.85. The Morgan fingerprint density at radius 3 is 2.55 bits per heavy atom. The Kier molecular flexibility index (Phi) is 6.71. The Bertz CT molecular complexity index is 964. The highest BCUT2D eigenvalue weighted by Gasteiger charge is 2.21. The van der Waals surface area contributed by atoms with Crippen LogP contribution in [0.3, 0.4) is 0 Å². The van der Waals surface area contributed by atoms with Gasteiger partial charge in [-0.3, -0.25) is 4.79 Å². The second-order valence-electron chi connectivity index (χ2n) is 6.07. The number of carbonyl (C=O) groups is 1. The lowest BCUT2D eigenvalue weighted by Gasteiger charge is -2.11. The van der Waals surface area contributed by atoms with Crippen molar-refractivity contribution in [3.8, 4) is 11.5 Å². The molecule has 0 fully saturated rings. The molecule has 0 aliphatic rings. The maximum atomic E-state index is 13.7. The van der Waals surface area contributed by atoms with Crippen molar-refractivity contribution in [2.45, 2.75) is 30.4 Å². The SMILES string of the molecule is COc1ccc(NC(=O)[C@@H](C)Sc2nnc([C@H](C)Oc3ccccc3F)o2)cc1. The second kappa shape index (κ2) is 9.42. The van der Waals surface area contributed by atoms with Crippen LogP contribution in [0.2, 0.25) is 0 Å². The minimum Gasteiger partial charge on any atom is -0.497 e. The zero-order valence-corrected chi connectivity index (χ0v) is 16.9. The van der Waals surface area contributed by atoms with Crippen molar-refractivity contribution in [3.63, 3.8) is 0 Å². The van der Waals surface area contributed by atoms with Gasteiger partial charge in [0, 0.05) is 5.69 Å². The van der Waals surface area contributed by atoms with Gasteiger partial charge in [0.1, 0.15) is 5.75 Å². The first-order valence-electron chi connectivity index (χ1n) is 8.82. The predicted molar refractivity (Wildman–Crippen MR) is 107 cm³/mol. The van der Waals surface area contributed by atoms with Crippen LogP contribution < -0.4 is 14.8 Å². The van der Waals surface area contributed by atoms with Gasteiger partial charge in [0.25, 0.3) is 11.1 Å². The number of nitrogens with zero attached hydrogens (tertiary/aromatic N) is 2. The molecule has 2 aromatic carbocycles. The molecule has 1 amide bonds. The molecule has 7 nitrogen and oxygen atoms in total. The maximum absolute atomic E-state index is 13.7. The molecule has 0 saturated carbocycles. The third kappa shape index (κ3) is 5.47. The van der Waals surface area contributed by atoms with Crippen LogP contribution in [-0.2, 0) is 4.79 Å². The van der Waals surface area contributed by atoms with Crippen molar-refractivity contribution in [3.05, 3.63) is 60.2 Å². The van der Waals surface area contributed by atoms with Crippen molar-refractivity contribution >= 4 is 23.4 Å². The van der Waals surface area contributed by atoms with Crippen molar-refractivity contribution < 1.29 is 23.1 Å². The molecule has 3 aromatic rings. The summed E-state index contributed by atoms with van der Waals surface area (Å²) in [4.78, 5) is 12.4. The molecule has 0 aliphatic carbocycles. The summed E-state index contributed by atoms with van der Waals surface area (Å²) in [7, 11) is 1.58. The van der Waals surface area contributed by atoms with E-state index in [1.807, 2.05) is 0 Å². The number of ether oxygens (including phenoxy) is 2. The average Bonchev–Trinajstić information content (AvgIpc) is 3.19. The number of aromatic nitrogens is 2. The van der Waals surface area contributed by atoms with E-state index in [1.54, 1.807) is 57.4 Å². The van der Waals surface area contributed by atoms with Gasteiger partial charge in [-0.2, -0.15) is 0 Å². The van der Waals surface area contributed by atoms with E-state index in [-0.39, 0.29) is 22.8 Å². The van der Waals surface area contributed by atoms with Crippen molar-refractivity contribution in [2.75, 3.05) is 12.4 Å². The molecule has 0 bridgehead atoms. The number of carbonyl (C=O) groups excluding carboxylic acids is 1. The molecule has 1 aromatic heterocycles. The molecule has 3 rings (SSSR count). The third-order valence-electron chi connectivity index (χ3n) is 3.91. The number of para-hydroxylation sites is 1. The van der Waals surface area contributed by atoms with E-state index in [0.29, 0.717) is 11.4 Å². The standard InChI is InChI=1S/C20H20FN3O4S/c1-12(27-17-7-5-4-6-16(17)21)19-23-24-20(28-19)29-13(2)18(25)22-14-8-10-15(26-3)11-9-14/h4-13H,1-3H3,(H,22,25)/t12-,13+/m0/s1. The normalized spacial score (nSPS) is 12.8. The number of halogens is 1. The first-order valence-corrected chi connectivity index (χ1v) is 9.70. The summed E-state index contributed by atoms with van der Waals surface area (Å²) in [5.41, 5.74) is 0.654. The van der Waals surface area contributed by atoms with Gasteiger partial charge >= 0.3 is 0 Å². The number of nitrogens with one attached hydrogen (secondary N) is 1. The lowest BCUT2D eigenvalue weighted by molar-refractivity contribution is -0.115. The summed E-state index contributed by atoms with van der Waals surface area (Å²) in [5, 5.41) is 10.4. The Morgan fingerprint density at radius 1 is 1.14 bits per heavy atom. The van der Waals surface area contributed by atoms with Gasteiger partial charge in [-0.25, -0.2) is 4.39 Å². The monoisotopic (exact) mass is 417 g/mol. The Hall–Kier alpha value is -3.07. The van der Waals surface area contributed by atoms with Crippen LogP contribution in [0.25, 0.3) is 0 Å². The number of rotatable bonds is 8. The molecule has 0 unspecified atom stereocenters. The smallest absolute Gasteiger partial charge is 0.277 e. The van der Waals surface area contributed by atoms with Crippen LogP contribution >= 0.6 is 11.8 Å². The molecule has 2 atom stereocenters. The fourth-order valence-electron chi connectivity index (χ4n) is 2.34. The van der Waals surface area contributed by atoms with Crippen LogP contribution in [0.5, 0.6) is 11.5 Å². The highest BCUT2D eigenvalue weighted by Crippen LogP contribution is 2.28. The molecule has 0 spiro atoms. The van der Waals surface area contributed by atoms with Crippen LogP contribution in [-0.4, -0.2) is 28.5 Å². The fourth-order valence-corrected chi connectivity index (χ4v) is 3.03. The number of anilines is 1. The van der Waals surface area contributed by atoms with E-state index in [0.717, 1.165) is 11.8 Å². The lowest BCUT2D eigenvalue weighted by Crippen LogP contribution is -2.22. The van der Waals surface area contributed by atoms with Gasteiger partial charge in [0.05, 0.1) is 12.4 Å². The maximum Gasteiger partial charge on any atom is 0.277 e. The first-order chi connectivity index (χ1) is 14.0. The zero-order valence-electron chi connectivity index (χ0n) is 16.1. The summed E-state index contributed by atoms with van der Waals surface area (Å²) >= 11 is 1.12. The van der Waals surface area contributed by atoms with E-state index < -0.39 is 17.2 Å². The van der Waals surface area contributed by atoms with Gasteiger partial charge < -0.3 is 19.2 Å². The molecule has 0 aliphatic heterocycles. The molecule has 0 saturated heterocycles. The number of methoxy groups -OCH3 is 1. The molecule has 152 valence electrons. The topological polar surface area (TPSA) is 86.5 Å². The van der Waals surface area contributed by atoms with E-state index >= 15 is 0 Å². The summed E-state index contributed by atoms with van der Waals surface area (Å²) in [6.07, 6.45) is -0.641. The van der Waals surface area contributed by atoms with Gasteiger partial charge in [0.15, 0.2) is 17.7 Å². The molecule has 1 N–H and O–H groups in total. The van der Waals surface area contributed by atoms with E-state index in [4.69, 9.17) is 13.9 Å². The van der Waals surface area contributed by atoms with Crippen molar-refractivity contribution in [1.29, 1.82) is 0 Å². The van der Waals surface area contributed by atoms with Crippen molar-refractivity contribution in [1.82, 2.24) is 10.2 Å². The van der Waals surface area contributed by atoms with Crippen molar-refractivity contribution in [2.24, 2.45) is 0 Å². The van der Waals surface area contributed by atoms with Crippen LogP contribution in [0.15, 0.2) is 58.2 Å². The Labute approximate surface area is 171 Å². The summed E-state index contributed by atoms with van der Waals surface area (Å²) in [6.45, 7) is 3.40. The Balaban J connectivity index is 1.56. The van der Waals surface area contributed by atoms with Gasteiger partial charge in [-0.1, -0.05) is 23.9 Å². The number of hydrogen-bond acceptors (Lipinski definition) is 7.